The van der Waals surface area contributed by atoms with E-state index in [2.05, 4.69) is 5.32 Å². The number of benzene rings is 2. The molecule has 26 heavy (non-hydrogen) atoms. The number of aryl methyl sites for hydroxylation is 1. The lowest BCUT2D eigenvalue weighted by Crippen LogP contribution is -2.38. The van der Waals surface area contributed by atoms with E-state index in [0.717, 1.165) is 23.1 Å². The van der Waals surface area contributed by atoms with Gasteiger partial charge in [0.15, 0.2) is 0 Å². The number of carbonyl (C=O) groups is 1. The first-order chi connectivity index (χ1) is 12.3. The first-order valence-electron chi connectivity index (χ1n) is 8.23. The van der Waals surface area contributed by atoms with Gasteiger partial charge in [0.2, 0.25) is 15.9 Å². The molecule has 0 radical (unpaired) electrons. The number of ether oxygens (including phenoxy) is 1. The van der Waals surface area contributed by atoms with Crippen molar-refractivity contribution in [3.05, 3.63) is 59.7 Å². The molecule has 0 saturated heterocycles. The van der Waals surface area contributed by atoms with Crippen LogP contribution in [0.2, 0.25) is 0 Å². The van der Waals surface area contributed by atoms with Gasteiger partial charge in [-0.3, -0.25) is 4.79 Å². The van der Waals surface area contributed by atoms with Crippen molar-refractivity contribution < 1.29 is 17.9 Å². The van der Waals surface area contributed by atoms with Gasteiger partial charge >= 0.3 is 0 Å². The largest absolute Gasteiger partial charge is 0.497 e. The molecule has 0 heterocycles. The van der Waals surface area contributed by atoms with Gasteiger partial charge in [0.05, 0.1) is 19.9 Å². The lowest BCUT2D eigenvalue weighted by Gasteiger charge is -2.20. The molecule has 0 aromatic heterocycles. The Morgan fingerprint density at radius 2 is 1.77 bits per heavy atom. The smallest absolute Gasteiger partial charge is 0.239 e. The maximum atomic E-state index is 12.3. The average Bonchev–Trinajstić information content (AvgIpc) is 2.60. The van der Waals surface area contributed by atoms with Crippen molar-refractivity contribution in [2.24, 2.45) is 0 Å². The minimum atomic E-state index is -3.50. The molecule has 0 aliphatic rings. The fraction of sp³-hybridized carbons (Fsp3) is 0.316. The van der Waals surface area contributed by atoms with Crippen LogP contribution >= 0.6 is 0 Å². The maximum absolute atomic E-state index is 12.3. The fourth-order valence-corrected chi connectivity index (χ4v) is 3.25. The predicted octanol–water partition coefficient (Wildman–Crippen LogP) is 2.45. The molecular formula is C19H24N2O4S. The number of nitrogens with zero attached hydrogens (tertiary/aromatic N) is 1. The van der Waals surface area contributed by atoms with Crippen molar-refractivity contribution >= 4 is 21.6 Å². The molecule has 140 valence electrons. The van der Waals surface area contributed by atoms with Crippen LogP contribution in [0.1, 0.15) is 11.1 Å². The molecule has 1 N–H and O–H groups in total. The van der Waals surface area contributed by atoms with Crippen LogP contribution in [-0.4, -0.2) is 45.1 Å². The molecule has 2 rings (SSSR count). The minimum absolute atomic E-state index is 0.219. The Balaban J connectivity index is 2.00. The lowest BCUT2D eigenvalue weighted by atomic mass is 10.1. The van der Waals surface area contributed by atoms with Crippen LogP contribution in [0, 0.1) is 6.92 Å². The predicted molar refractivity (Wildman–Crippen MR) is 103 cm³/mol. The number of methoxy groups -OCH3 is 1. The van der Waals surface area contributed by atoms with Gasteiger partial charge in [-0.05, 0) is 42.7 Å². The van der Waals surface area contributed by atoms with E-state index in [0.29, 0.717) is 12.1 Å². The van der Waals surface area contributed by atoms with Crippen LogP contribution in [0.25, 0.3) is 0 Å². The number of nitrogens with one attached hydrogen (secondary N) is 1. The van der Waals surface area contributed by atoms with Crippen molar-refractivity contribution in [2.75, 3.05) is 31.8 Å². The van der Waals surface area contributed by atoms with E-state index in [-0.39, 0.29) is 19.0 Å². The molecule has 0 spiro atoms. The fourth-order valence-electron chi connectivity index (χ4n) is 2.47. The van der Waals surface area contributed by atoms with Crippen LogP contribution in [0.4, 0.5) is 5.69 Å². The zero-order chi connectivity index (χ0) is 19.2. The third kappa shape index (κ3) is 5.86. The molecule has 0 unspecified atom stereocenters. The highest BCUT2D eigenvalue weighted by Gasteiger charge is 2.20. The third-order valence-corrected chi connectivity index (χ3v) is 5.27. The van der Waals surface area contributed by atoms with Gasteiger partial charge in [0, 0.05) is 12.2 Å². The molecule has 0 saturated carbocycles. The molecule has 0 fully saturated rings. The topological polar surface area (TPSA) is 75.7 Å². The summed E-state index contributed by atoms with van der Waals surface area (Å²) in [7, 11) is -1.91. The van der Waals surface area contributed by atoms with E-state index < -0.39 is 10.0 Å². The van der Waals surface area contributed by atoms with E-state index in [1.54, 1.807) is 13.2 Å². The van der Waals surface area contributed by atoms with Gasteiger partial charge in [-0.1, -0.05) is 30.3 Å². The minimum Gasteiger partial charge on any atom is -0.497 e. The summed E-state index contributed by atoms with van der Waals surface area (Å²) in [6.45, 7) is 1.89. The van der Waals surface area contributed by atoms with Crippen LogP contribution in [0.3, 0.4) is 0 Å². The summed E-state index contributed by atoms with van der Waals surface area (Å²) in [5.41, 5.74) is 2.57. The van der Waals surface area contributed by atoms with E-state index in [4.69, 9.17) is 4.74 Å². The summed E-state index contributed by atoms with van der Waals surface area (Å²) in [4.78, 5) is 12.3. The Labute approximate surface area is 154 Å². The molecule has 0 bridgehead atoms. The zero-order valence-corrected chi connectivity index (χ0v) is 16.0. The Kier molecular flexibility index (Phi) is 6.76. The van der Waals surface area contributed by atoms with Gasteiger partial charge in [-0.2, -0.15) is 4.31 Å². The monoisotopic (exact) mass is 376 g/mol. The second-order valence-corrected chi connectivity index (χ2v) is 8.04. The van der Waals surface area contributed by atoms with Gasteiger partial charge in [-0.25, -0.2) is 8.42 Å². The molecule has 1 amide bonds. The molecule has 2 aromatic rings. The Hall–Kier alpha value is -2.38. The van der Waals surface area contributed by atoms with Crippen molar-refractivity contribution in [1.29, 1.82) is 0 Å². The van der Waals surface area contributed by atoms with Crippen molar-refractivity contribution in [1.82, 2.24) is 4.31 Å². The highest BCUT2D eigenvalue weighted by atomic mass is 32.2. The number of carbonyl (C=O) groups excluding carboxylic acids is 1. The van der Waals surface area contributed by atoms with Gasteiger partial charge in [0.1, 0.15) is 5.75 Å². The summed E-state index contributed by atoms with van der Waals surface area (Å²) < 4.78 is 30.4. The summed E-state index contributed by atoms with van der Waals surface area (Å²) in [5, 5.41) is 2.76. The summed E-state index contributed by atoms with van der Waals surface area (Å²) in [6, 6.07) is 14.8. The lowest BCUT2D eigenvalue weighted by molar-refractivity contribution is -0.116. The van der Waals surface area contributed by atoms with Crippen LogP contribution < -0.4 is 10.1 Å². The SMILES string of the molecule is COc1ccc(CCN(CC(=O)Nc2ccccc2C)S(C)(=O)=O)cc1. The number of rotatable bonds is 8. The van der Waals surface area contributed by atoms with E-state index in [1.807, 2.05) is 49.4 Å². The number of amides is 1. The van der Waals surface area contributed by atoms with Gasteiger partial charge in [0.25, 0.3) is 0 Å². The van der Waals surface area contributed by atoms with Gasteiger partial charge in [-0.15, -0.1) is 0 Å². The normalized spacial score (nSPS) is 11.4. The highest BCUT2D eigenvalue weighted by Crippen LogP contribution is 2.14. The van der Waals surface area contributed by atoms with Crippen molar-refractivity contribution in [3.8, 4) is 5.75 Å². The number of anilines is 1. The molecule has 0 aliphatic heterocycles. The second kappa shape index (κ2) is 8.82. The third-order valence-electron chi connectivity index (χ3n) is 4.02. The van der Waals surface area contributed by atoms with Crippen LogP contribution in [-0.2, 0) is 21.2 Å². The Morgan fingerprint density at radius 3 is 2.35 bits per heavy atom. The molecule has 6 nitrogen and oxygen atoms in total. The Bertz CT molecular complexity index is 848. The number of hydrogen-bond donors (Lipinski definition) is 1. The van der Waals surface area contributed by atoms with Gasteiger partial charge < -0.3 is 10.1 Å². The quantitative estimate of drug-likeness (QED) is 0.768. The molecule has 2 aromatic carbocycles. The molecule has 0 atom stereocenters. The molecule has 7 heteroatoms. The van der Waals surface area contributed by atoms with Crippen LogP contribution in [0.5, 0.6) is 5.75 Å². The summed E-state index contributed by atoms with van der Waals surface area (Å²) >= 11 is 0. The van der Waals surface area contributed by atoms with E-state index >= 15 is 0 Å². The summed E-state index contributed by atoms with van der Waals surface area (Å²) in [6.07, 6.45) is 1.62. The maximum Gasteiger partial charge on any atom is 0.239 e. The highest BCUT2D eigenvalue weighted by molar-refractivity contribution is 7.88. The Morgan fingerprint density at radius 1 is 1.12 bits per heavy atom. The number of sulfonamides is 1. The zero-order valence-electron chi connectivity index (χ0n) is 15.2. The number of para-hydroxylation sites is 1. The average molecular weight is 376 g/mol. The first-order valence-corrected chi connectivity index (χ1v) is 10.1. The standard InChI is InChI=1S/C19H24N2O4S/c1-15-6-4-5-7-18(15)20-19(22)14-21(26(3,23)24)13-12-16-8-10-17(25-2)11-9-16/h4-11H,12-14H2,1-3H3,(H,20,22). The van der Waals surface area contributed by atoms with Crippen molar-refractivity contribution in [2.45, 2.75) is 13.3 Å². The van der Waals surface area contributed by atoms with E-state index in [1.165, 1.54) is 4.31 Å². The first kappa shape index (κ1) is 19.9. The molecule has 0 aliphatic carbocycles. The van der Waals surface area contributed by atoms with Crippen molar-refractivity contribution in [3.63, 3.8) is 0 Å². The van der Waals surface area contributed by atoms with Crippen LogP contribution in [0.15, 0.2) is 48.5 Å². The molecular weight excluding hydrogens is 352 g/mol. The summed E-state index contributed by atoms with van der Waals surface area (Å²) in [5.74, 6) is 0.380. The number of hydrogen-bond acceptors (Lipinski definition) is 4. The second-order valence-electron chi connectivity index (χ2n) is 6.06. The van der Waals surface area contributed by atoms with E-state index in [9.17, 15) is 13.2 Å².